The molecule has 26 heavy (non-hydrogen) atoms. The van der Waals surface area contributed by atoms with E-state index in [2.05, 4.69) is 5.16 Å². The first-order valence-corrected chi connectivity index (χ1v) is 9.61. The fourth-order valence-corrected chi connectivity index (χ4v) is 4.82. The lowest BCUT2D eigenvalue weighted by atomic mass is 10.1. The van der Waals surface area contributed by atoms with Gasteiger partial charge in [0, 0.05) is 38.3 Å². The maximum atomic E-state index is 13.9. The number of hydrogen-bond donors (Lipinski definition) is 0. The van der Waals surface area contributed by atoms with Gasteiger partial charge in [-0.15, -0.1) is 0 Å². The van der Waals surface area contributed by atoms with Gasteiger partial charge in [0.1, 0.15) is 16.4 Å². The molecule has 0 N–H and O–H groups in total. The van der Waals surface area contributed by atoms with Crippen molar-refractivity contribution in [1.29, 1.82) is 5.26 Å². The number of nitriles is 1. The molecule has 1 aromatic heterocycles. The highest BCUT2D eigenvalue weighted by Gasteiger charge is 2.33. The second-order valence-corrected chi connectivity index (χ2v) is 8.13. The third kappa shape index (κ3) is 3.49. The van der Waals surface area contributed by atoms with Crippen molar-refractivity contribution in [2.75, 3.05) is 26.2 Å². The maximum Gasteiger partial charge on any atom is 0.248 e. The van der Waals surface area contributed by atoms with Gasteiger partial charge in [-0.1, -0.05) is 5.16 Å². The van der Waals surface area contributed by atoms with Gasteiger partial charge in [-0.25, -0.2) is 12.8 Å². The van der Waals surface area contributed by atoms with E-state index in [-0.39, 0.29) is 16.5 Å². The molecule has 0 spiro atoms. The minimum Gasteiger partial charge on any atom is -0.360 e. The molecule has 1 fully saturated rings. The van der Waals surface area contributed by atoms with Crippen molar-refractivity contribution in [1.82, 2.24) is 14.4 Å². The van der Waals surface area contributed by atoms with Crippen molar-refractivity contribution in [2.24, 2.45) is 0 Å². The molecule has 2 heterocycles. The largest absolute Gasteiger partial charge is 0.360 e. The normalized spacial score (nSPS) is 16.5. The third-order valence-electron chi connectivity index (χ3n) is 4.47. The van der Waals surface area contributed by atoms with Crippen LogP contribution in [-0.4, -0.2) is 49.0 Å². The molecule has 7 nitrogen and oxygen atoms in total. The molecule has 1 saturated heterocycles. The monoisotopic (exact) mass is 378 g/mol. The maximum absolute atomic E-state index is 13.9. The first kappa shape index (κ1) is 18.5. The topological polar surface area (TPSA) is 90.4 Å². The molecule has 0 unspecified atom stereocenters. The Hall–Kier alpha value is -2.28. The summed E-state index contributed by atoms with van der Waals surface area (Å²) in [5, 5.41) is 12.7. The highest BCUT2D eigenvalue weighted by atomic mass is 32.2. The average Bonchev–Trinajstić information content (AvgIpc) is 2.96. The number of aryl methyl sites for hydroxylation is 2. The molecule has 0 saturated carbocycles. The van der Waals surface area contributed by atoms with E-state index in [1.165, 1.54) is 22.5 Å². The lowest BCUT2D eigenvalue weighted by Crippen LogP contribution is -2.48. The van der Waals surface area contributed by atoms with Crippen LogP contribution in [-0.2, 0) is 16.6 Å². The van der Waals surface area contributed by atoms with E-state index in [4.69, 9.17) is 9.78 Å². The van der Waals surface area contributed by atoms with Gasteiger partial charge in [-0.3, -0.25) is 4.90 Å². The molecule has 1 aliphatic rings. The van der Waals surface area contributed by atoms with Crippen LogP contribution in [0.15, 0.2) is 27.6 Å². The Morgan fingerprint density at radius 3 is 2.54 bits per heavy atom. The summed E-state index contributed by atoms with van der Waals surface area (Å²) in [6.45, 7) is 5.05. The van der Waals surface area contributed by atoms with Gasteiger partial charge < -0.3 is 4.52 Å². The molecule has 9 heteroatoms. The predicted octanol–water partition coefficient (Wildman–Crippen LogP) is 1.81. The van der Waals surface area contributed by atoms with Gasteiger partial charge in [0.2, 0.25) is 10.0 Å². The van der Waals surface area contributed by atoms with Gasteiger partial charge in [0.05, 0.1) is 11.6 Å². The van der Waals surface area contributed by atoms with Gasteiger partial charge in [0.25, 0.3) is 0 Å². The highest BCUT2D eigenvalue weighted by Crippen LogP contribution is 2.24. The van der Waals surface area contributed by atoms with Crippen LogP contribution in [0.5, 0.6) is 0 Å². The number of rotatable bonds is 4. The van der Waals surface area contributed by atoms with Gasteiger partial charge >= 0.3 is 0 Å². The van der Waals surface area contributed by atoms with Gasteiger partial charge in [0.15, 0.2) is 5.76 Å². The summed E-state index contributed by atoms with van der Waals surface area (Å²) >= 11 is 0. The van der Waals surface area contributed by atoms with E-state index in [0.29, 0.717) is 49.5 Å². The van der Waals surface area contributed by atoms with Crippen molar-refractivity contribution in [3.8, 4) is 6.07 Å². The van der Waals surface area contributed by atoms with Crippen LogP contribution in [0.25, 0.3) is 0 Å². The van der Waals surface area contributed by atoms with Crippen LogP contribution in [0.3, 0.4) is 0 Å². The van der Waals surface area contributed by atoms with E-state index in [0.717, 1.165) is 0 Å². The molecule has 3 rings (SSSR count). The summed E-state index contributed by atoms with van der Waals surface area (Å²) in [6, 6.07) is 6.25. The minimum absolute atomic E-state index is 0.124. The second kappa shape index (κ2) is 7.15. The first-order chi connectivity index (χ1) is 12.3. The Kier molecular flexibility index (Phi) is 5.09. The van der Waals surface area contributed by atoms with Crippen LogP contribution in [0, 0.1) is 31.0 Å². The van der Waals surface area contributed by atoms with Crippen molar-refractivity contribution >= 4 is 10.0 Å². The molecule has 1 aliphatic heterocycles. The summed E-state index contributed by atoms with van der Waals surface area (Å²) < 4.78 is 45.9. The van der Waals surface area contributed by atoms with Crippen molar-refractivity contribution in [2.45, 2.75) is 25.3 Å². The SMILES string of the molecule is Cc1noc(C)c1S(=O)(=O)N1CCN(Cc2cc(C#N)ccc2F)CC1. The van der Waals surface area contributed by atoms with Crippen LogP contribution in [0.4, 0.5) is 4.39 Å². The number of nitrogens with zero attached hydrogens (tertiary/aromatic N) is 4. The van der Waals surface area contributed by atoms with E-state index in [1.807, 2.05) is 11.0 Å². The average molecular weight is 378 g/mol. The molecule has 0 amide bonds. The van der Waals surface area contributed by atoms with E-state index >= 15 is 0 Å². The Bertz CT molecular complexity index is 937. The lowest BCUT2D eigenvalue weighted by molar-refractivity contribution is 0.179. The Labute approximate surface area is 151 Å². The predicted molar refractivity (Wildman–Crippen MR) is 91.1 cm³/mol. The fourth-order valence-electron chi connectivity index (χ4n) is 3.11. The molecule has 2 aromatic rings. The van der Waals surface area contributed by atoms with Crippen LogP contribution in [0.2, 0.25) is 0 Å². The number of sulfonamides is 1. The van der Waals surface area contributed by atoms with Crippen molar-refractivity contribution < 1.29 is 17.3 Å². The number of halogens is 1. The van der Waals surface area contributed by atoms with E-state index < -0.39 is 10.0 Å². The summed E-state index contributed by atoms with van der Waals surface area (Å²) in [5.74, 6) is -0.0879. The molecule has 0 aliphatic carbocycles. The Morgan fingerprint density at radius 1 is 1.27 bits per heavy atom. The molecule has 0 atom stereocenters. The zero-order valence-electron chi connectivity index (χ0n) is 14.6. The van der Waals surface area contributed by atoms with Crippen molar-refractivity contribution in [3.05, 3.63) is 46.6 Å². The zero-order chi connectivity index (χ0) is 18.9. The van der Waals surface area contributed by atoms with E-state index in [1.54, 1.807) is 13.8 Å². The van der Waals surface area contributed by atoms with Crippen LogP contribution in [0.1, 0.15) is 22.6 Å². The summed E-state index contributed by atoms with van der Waals surface area (Å²) in [6.07, 6.45) is 0. The minimum atomic E-state index is -3.66. The zero-order valence-corrected chi connectivity index (χ0v) is 15.4. The number of benzene rings is 1. The molecule has 0 radical (unpaired) electrons. The second-order valence-electron chi connectivity index (χ2n) is 6.25. The van der Waals surface area contributed by atoms with Crippen LogP contribution >= 0.6 is 0 Å². The molecule has 138 valence electrons. The molecular formula is C17H19FN4O3S. The van der Waals surface area contributed by atoms with E-state index in [9.17, 15) is 12.8 Å². The third-order valence-corrected chi connectivity index (χ3v) is 6.61. The molecule has 1 aromatic carbocycles. The van der Waals surface area contributed by atoms with Crippen LogP contribution < -0.4 is 0 Å². The lowest BCUT2D eigenvalue weighted by Gasteiger charge is -2.33. The summed E-state index contributed by atoms with van der Waals surface area (Å²) in [7, 11) is -3.66. The number of hydrogen-bond acceptors (Lipinski definition) is 6. The van der Waals surface area contributed by atoms with Gasteiger partial charge in [-0.05, 0) is 32.0 Å². The highest BCUT2D eigenvalue weighted by molar-refractivity contribution is 7.89. The quantitative estimate of drug-likeness (QED) is 0.806. The molecule has 0 bridgehead atoms. The number of aromatic nitrogens is 1. The summed E-state index contributed by atoms with van der Waals surface area (Å²) in [4.78, 5) is 2.09. The smallest absolute Gasteiger partial charge is 0.248 e. The standard InChI is InChI=1S/C17H19FN4O3S/c1-12-17(13(2)25-20-12)26(23,24)22-7-5-21(6-8-22)11-15-9-14(10-19)3-4-16(15)18/h3-4,9H,5-8,11H2,1-2H3. The Morgan fingerprint density at radius 2 is 1.96 bits per heavy atom. The van der Waals surface area contributed by atoms with Gasteiger partial charge in [-0.2, -0.15) is 9.57 Å². The fraction of sp³-hybridized carbons (Fsp3) is 0.412. The Balaban J connectivity index is 1.69. The number of piperazine rings is 1. The first-order valence-electron chi connectivity index (χ1n) is 8.17. The molecular weight excluding hydrogens is 359 g/mol. The summed E-state index contributed by atoms with van der Waals surface area (Å²) in [5.41, 5.74) is 1.19. The van der Waals surface area contributed by atoms with Crippen molar-refractivity contribution in [3.63, 3.8) is 0 Å².